The molecule has 0 aliphatic rings. The average Bonchev–Trinajstić information content (AvgIpc) is 2.96. The van der Waals surface area contributed by atoms with Crippen molar-refractivity contribution in [3.63, 3.8) is 0 Å². The van der Waals surface area contributed by atoms with Gasteiger partial charge >= 0.3 is 5.97 Å². The van der Waals surface area contributed by atoms with Gasteiger partial charge in [-0.15, -0.1) is 0 Å². The van der Waals surface area contributed by atoms with Gasteiger partial charge in [0.05, 0.1) is 50.4 Å². The molecule has 226 valence electrons. The summed E-state index contributed by atoms with van der Waals surface area (Å²) in [4.78, 5) is 27.4. The predicted octanol–water partition coefficient (Wildman–Crippen LogP) is 5.74. The summed E-state index contributed by atoms with van der Waals surface area (Å²) in [5, 5.41) is 0.0970. The molecule has 1 aromatic heterocycles. The highest BCUT2D eigenvalue weighted by Crippen LogP contribution is 2.37. The fourth-order valence-electron chi connectivity index (χ4n) is 3.89. The number of aromatic nitrogens is 2. The van der Waals surface area contributed by atoms with Crippen molar-refractivity contribution in [3.05, 3.63) is 54.5 Å². The smallest absolute Gasteiger partial charge is 0.327 e. The number of allylic oxidation sites excluding steroid dienone is 1. The Morgan fingerprint density at radius 1 is 1.05 bits per heavy atom. The van der Waals surface area contributed by atoms with Gasteiger partial charge in [0.1, 0.15) is 18.0 Å². The molecule has 2 aromatic carbocycles. The van der Waals surface area contributed by atoms with Crippen LogP contribution in [0.2, 0.25) is 18.1 Å². The second kappa shape index (κ2) is 14.3. The molecule has 0 amide bonds. The Morgan fingerprint density at radius 2 is 1.74 bits per heavy atom. The maximum absolute atomic E-state index is 11.7. The summed E-state index contributed by atoms with van der Waals surface area (Å²) in [5.74, 6) is 0.955. The number of carbonyl (C=O) groups excluding carboxylic acids is 1. The van der Waals surface area contributed by atoms with E-state index in [4.69, 9.17) is 29.4 Å². The van der Waals surface area contributed by atoms with E-state index in [0.717, 1.165) is 16.9 Å². The third-order valence-corrected chi connectivity index (χ3v) is 11.8. The molecule has 0 saturated carbocycles. The molecular formula is C31H43N5O5Si. The number of esters is 1. The van der Waals surface area contributed by atoms with Gasteiger partial charge in [-0.25, -0.2) is 4.98 Å². The first-order valence-corrected chi connectivity index (χ1v) is 16.8. The van der Waals surface area contributed by atoms with E-state index in [1.807, 2.05) is 36.4 Å². The van der Waals surface area contributed by atoms with E-state index in [2.05, 4.69) is 48.7 Å². The molecule has 10 nitrogen and oxygen atoms in total. The normalized spacial score (nSPS) is 12.5. The van der Waals surface area contributed by atoms with E-state index in [-0.39, 0.29) is 11.6 Å². The third kappa shape index (κ3) is 8.29. The average molecular weight is 594 g/mol. The van der Waals surface area contributed by atoms with Crippen molar-refractivity contribution in [2.75, 3.05) is 45.4 Å². The number of rotatable bonds is 13. The lowest BCUT2D eigenvalue weighted by molar-refractivity contribution is -0.141. The summed E-state index contributed by atoms with van der Waals surface area (Å²) < 4.78 is 22.6. The van der Waals surface area contributed by atoms with Gasteiger partial charge in [0.25, 0.3) is 0 Å². The zero-order valence-corrected chi connectivity index (χ0v) is 26.9. The molecule has 0 spiro atoms. The number of ether oxygens (including phenoxy) is 3. The van der Waals surface area contributed by atoms with Gasteiger partial charge in [-0.05, 0) is 43.3 Å². The molecule has 2 N–H and O–H groups in total. The van der Waals surface area contributed by atoms with Crippen LogP contribution in [0.1, 0.15) is 33.4 Å². The summed E-state index contributed by atoms with van der Waals surface area (Å²) >= 11 is 0. The molecule has 1 heterocycles. The Labute approximate surface area is 249 Å². The van der Waals surface area contributed by atoms with E-state index in [1.165, 1.54) is 12.4 Å². The highest BCUT2D eigenvalue weighted by atomic mass is 28.4. The largest absolute Gasteiger partial charge is 0.497 e. The summed E-state index contributed by atoms with van der Waals surface area (Å²) in [5.41, 5.74) is 10.1. The van der Waals surface area contributed by atoms with E-state index in [9.17, 15) is 4.79 Å². The van der Waals surface area contributed by atoms with Crippen LogP contribution in [0.4, 0.5) is 11.4 Å². The standard InChI is InChI=1S/C31H43N5O5Si/c1-9-40-30(37)21-33-19-22(18-32)29-20-34-27-11-10-23(16-28(27)35-29)36(12-13-41-42(7,8)31(2,3)4)24-14-25(38-5)17-26(15-24)39-6/h10-11,14-20H,9,12-13,21,32H2,1-8H3. The van der Waals surface area contributed by atoms with E-state index in [0.29, 0.717) is 48.0 Å². The first kappa shape index (κ1) is 32.6. The van der Waals surface area contributed by atoms with E-state index >= 15 is 0 Å². The Bertz CT molecular complexity index is 1410. The quantitative estimate of drug-likeness (QED) is 0.150. The number of anilines is 2. The number of carbonyl (C=O) groups is 1. The lowest BCUT2D eigenvalue weighted by Gasteiger charge is -2.37. The van der Waals surface area contributed by atoms with Crippen LogP contribution < -0.4 is 20.1 Å². The molecule has 0 atom stereocenters. The molecule has 0 unspecified atom stereocenters. The van der Waals surface area contributed by atoms with Gasteiger partial charge < -0.3 is 29.3 Å². The molecule has 0 radical (unpaired) electrons. The van der Waals surface area contributed by atoms with Crippen LogP contribution in [0.15, 0.2) is 53.8 Å². The van der Waals surface area contributed by atoms with Crippen molar-refractivity contribution < 1.29 is 23.4 Å². The van der Waals surface area contributed by atoms with Crippen LogP contribution in [0.3, 0.4) is 0 Å². The minimum absolute atomic E-state index is 0.0970. The van der Waals surface area contributed by atoms with E-state index < -0.39 is 14.3 Å². The molecule has 0 saturated heterocycles. The summed E-state index contributed by atoms with van der Waals surface area (Å²) in [7, 11) is 1.31. The van der Waals surface area contributed by atoms with Crippen LogP contribution in [-0.2, 0) is 14.0 Å². The Balaban J connectivity index is 2.00. The molecule has 3 rings (SSSR count). The second-order valence-electron chi connectivity index (χ2n) is 11.2. The minimum Gasteiger partial charge on any atom is -0.497 e. The first-order valence-electron chi connectivity index (χ1n) is 13.9. The van der Waals surface area contributed by atoms with Crippen molar-refractivity contribution in [2.24, 2.45) is 10.7 Å². The lowest BCUT2D eigenvalue weighted by atomic mass is 10.2. The predicted molar refractivity (Wildman–Crippen MR) is 171 cm³/mol. The molecule has 0 bridgehead atoms. The van der Waals surface area contributed by atoms with E-state index in [1.54, 1.807) is 27.3 Å². The molecular weight excluding hydrogens is 550 g/mol. The monoisotopic (exact) mass is 593 g/mol. The van der Waals surface area contributed by atoms with Gasteiger partial charge in [0, 0.05) is 54.1 Å². The maximum atomic E-state index is 11.7. The van der Waals surface area contributed by atoms with Gasteiger partial charge in [0.2, 0.25) is 0 Å². The zero-order chi connectivity index (χ0) is 30.9. The number of nitrogens with two attached hydrogens (primary N) is 1. The molecule has 0 aliphatic heterocycles. The SMILES string of the molecule is CCOC(=O)CN=CC(=CN)c1cnc2ccc(N(CCO[Si](C)(C)C(C)(C)C)c3cc(OC)cc(OC)c3)cc2n1. The Hall–Kier alpha value is -3.96. The molecule has 3 aromatic rings. The number of aliphatic imine (C=N–C) groups is 1. The van der Waals surface area contributed by atoms with Gasteiger partial charge in [-0.1, -0.05) is 20.8 Å². The van der Waals surface area contributed by atoms with Crippen LogP contribution >= 0.6 is 0 Å². The van der Waals surface area contributed by atoms with Gasteiger partial charge in [-0.3, -0.25) is 14.8 Å². The molecule has 42 heavy (non-hydrogen) atoms. The number of hydrogen-bond acceptors (Lipinski definition) is 10. The number of nitrogens with zero attached hydrogens (tertiary/aromatic N) is 4. The minimum atomic E-state index is -1.96. The van der Waals surface area contributed by atoms with Crippen molar-refractivity contribution in [3.8, 4) is 11.5 Å². The van der Waals surface area contributed by atoms with Gasteiger partial charge in [0.15, 0.2) is 8.32 Å². The first-order chi connectivity index (χ1) is 19.9. The fourth-order valence-corrected chi connectivity index (χ4v) is 4.93. The number of methoxy groups -OCH3 is 2. The highest BCUT2D eigenvalue weighted by molar-refractivity contribution is 6.74. The molecule has 0 fully saturated rings. The summed E-state index contributed by atoms with van der Waals surface area (Å²) in [6, 6.07) is 11.7. The van der Waals surface area contributed by atoms with Crippen LogP contribution in [-0.4, -0.2) is 71.0 Å². The van der Waals surface area contributed by atoms with Crippen LogP contribution in [0.25, 0.3) is 16.6 Å². The topological polar surface area (TPSA) is 121 Å². The second-order valence-corrected chi connectivity index (χ2v) is 16.0. The van der Waals surface area contributed by atoms with Crippen LogP contribution in [0.5, 0.6) is 11.5 Å². The van der Waals surface area contributed by atoms with Crippen LogP contribution in [0, 0.1) is 0 Å². The third-order valence-electron chi connectivity index (χ3n) is 7.30. The highest BCUT2D eigenvalue weighted by Gasteiger charge is 2.37. The number of fused-ring (bicyclic) bond motifs is 1. The fraction of sp³-hybridized carbons (Fsp3) is 0.419. The summed E-state index contributed by atoms with van der Waals surface area (Å²) in [6.45, 7) is 14.3. The lowest BCUT2D eigenvalue weighted by Crippen LogP contribution is -2.42. The molecule has 0 aliphatic carbocycles. The van der Waals surface area contributed by atoms with Crippen molar-refractivity contribution in [1.82, 2.24) is 9.97 Å². The van der Waals surface area contributed by atoms with Crippen molar-refractivity contribution in [1.29, 1.82) is 0 Å². The Morgan fingerprint density at radius 3 is 2.33 bits per heavy atom. The Kier molecular flexibility index (Phi) is 11.1. The number of hydrogen-bond donors (Lipinski definition) is 1. The van der Waals surface area contributed by atoms with Gasteiger partial charge in [-0.2, -0.15) is 0 Å². The van der Waals surface area contributed by atoms with Crippen molar-refractivity contribution in [2.45, 2.75) is 45.8 Å². The molecule has 11 heteroatoms. The van der Waals surface area contributed by atoms with Crippen molar-refractivity contribution >= 4 is 48.5 Å². The maximum Gasteiger partial charge on any atom is 0.327 e. The number of benzene rings is 2. The summed E-state index contributed by atoms with van der Waals surface area (Å²) in [6.07, 6.45) is 4.53. The zero-order valence-electron chi connectivity index (χ0n) is 25.9.